The lowest BCUT2D eigenvalue weighted by Crippen LogP contribution is -2.29. The lowest BCUT2D eigenvalue weighted by Gasteiger charge is -2.12. The molecule has 3 aromatic carbocycles. The van der Waals surface area contributed by atoms with Crippen molar-refractivity contribution in [1.82, 2.24) is 0 Å². The SMILES string of the molecule is CC(OC(=O)C=Cc1ccc(OCc2ccc(Cl)cc2)cc1)C(=O)Nc1ccc(Br)cc1. The number of nitrogens with one attached hydrogen (secondary N) is 1. The summed E-state index contributed by atoms with van der Waals surface area (Å²) in [4.78, 5) is 24.2. The molecule has 0 aliphatic heterocycles. The number of hydrogen-bond acceptors (Lipinski definition) is 4. The normalized spacial score (nSPS) is 11.7. The third-order valence-electron chi connectivity index (χ3n) is 4.38. The molecule has 0 aliphatic carbocycles. The van der Waals surface area contributed by atoms with Crippen molar-refractivity contribution in [2.75, 3.05) is 5.32 Å². The zero-order valence-corrected chi connectivity index (χ0v) is 19.6. The molecule has 3 rings (SSSR count). The number of rotatable bonds is 8. The van der Waals surface area contributed by atoms with E-state index in [0.717, 1.165) is 15.6 Å². The lowest BCUT2D eigenvalue weighted by molar-refractivity contribution is -0.148. The Morgan fingerprint density at radius 2 is 1.66 bits per heavy atom. The Kier molecular flexibility index (Phi) is 8.48. The van der Waals surface area contributed by atoms with Crippen LogP contribution in [0.1, 0.15) is 18.1 Å². The van der Waals surface area contributed by atoms with Crippen LogP contribution in [0.15, 0.2) is 83.3 Å². The number of amides is 1. The van der Waals surface area contributed by atoms with E-state index in [4.69, 9.17) is 21.1 Å². The molecule has 0 aromatic heterocycles. The smallest absolute Gasteiger partial charge is 0.331 e. The average molecular weight is 515 g/mol. The van der Waals surface area contributed by atoms with Crippen molar-refractivity contribution in [3.8, 4) is 5.75 Å². The number of benzene rings is 3. The highest BCUT2D eigenvalue weighted by molar-refractivity contribution is 9.10. The molecule has 0 saturated heterocycles. The van der Waals surface area contributed by atoms with Crippen molar-refractivity contribution in [3.63, 3.8) is 0 Å². The van der Waals surface area contributed by atoms with Gasteiger partial charge in [-0.25, -0.2) is 4.79 Å². The van der Waals surface area contributed by atoms with Gasteiger partial charge in [0.05, 0.1) is 0 Å². The fourth-order valence-electron chi connectivity index (χ4n) is 2.63. The zero-order chi connectivity index (χ0) is 22.9. The molecule has 1 amide bonds. The van der Waals surface area contributed by atoms with Gasteiger partial charge in [0, 0.05) is 21.3 Å². The van der Waals surface area contributed by atoms with Crippen LogP contribution in [-0.4, -0.2) is 18.0 Å². The molecule has 5 nitrogen and oxygen atoms in total. The zero-order valence-electron chi connectivity index (χ0n) is 17.3. The van der Waals surface area contributed by atoms with Crippen LogP contribution in [0.3, 0.4) is 0 Å². The van der Waals surface area contributed by atoms with Crippen LogP contribution in [0, 0.1) is 0 Å². The minimum atomic E-state index is -0.931. The number of halogens is 2. The van der Waals surface area contributed by atoms with Crippen LogP contribution in [0.4, 0.5) is 5.69 Å². The van der Waals surface area contributed by atoms with Crippen LogP contribution < -0.4 is 10.1 Å². The van der Waals surface area contributed by atoms with Crippen molar-refractivity contribution in [2.45, 2.75) is 19.6 Å². The Morgan fingerprint density at radius 1 is 1.00 bits per heavy atom. The summed E-state index contributed by atoms with van der Waals surface area (Å²) in [5, 5.41) is 3.38. The number of carbonyl (C=O) groups excluding carboxylic acids is 2. The maximum absolute atomic E-state index is 12.2. The molecule has 7 heteroatoms. The molecule has 0 bridgehead atoms. The molecule has 164 valence electrons. The molecular formula is C25H21BrClNO4. The molecular weight excluding hydrogens is 494 g/mol. The van der Waals surface area contributed by atoms with Gasteiger partial charge in [-0.3, -0.25) is 4.79 Å². The molecule has 0 spiro atoms. The summed E-state index contributed by atoms with van der Waals surface area (Å²) in [6.45, 7) is 1.95. The maximum atomic E-state index is 12.2. The topological polar surface area (TPSA) is 64.6 Å². The van der Waals surface area contributed by atoms with Gasteiger partial charge in [0.15, 0.2) is 6.10 Å². The standard InChI is InChI=1S/C25H21BrClNO4/c1-17(25(30)28-22-11-7-20(26)8-12-22)32-24(29)15-6-18-4-13-23(14-5-18)31-16-19-2-9-21(27)10-3-19/h2-15,17H,16H2,1H3,(H,28,30). The first-order valence-electron chi connectivity index (χ1n) is 9.81. The van der Waals surface area contributed by atoms with Crippen molar-refractivity contribution in [2.24, 2.45) is 0 Å². The highest BCUT2D eigenvalue weighted by Crippen LogP contribution is 2.17. The molecule has 1 unspecified atom stereocenters. The lowest BCUT2D eigenvalue weighted by atomic mass is 10.2. The Bertz CT molecular complexity index is 1080. The van der Waals surface area contributed by atoms with Crippen molar-refractivity contribution in [3.05, 3.63) is 99.5 Å². The number of carbonyl (C=O) groups is 2. The van der Waals surface area contributed by atoms with Crippen molar-refractivity contribution >= 4 is 51.2 Å². The van der Waals surface area contributed by atoms with Gasteiger partial charge >= 0.3 is 5.97 Å². The summed E-state index contributed by atoms with van der Waals surface area (Å²) >= 11 is 9.21. The van der Waals surface area contributed by atoms with E-state index in [2.05, 4.69) is 21.2 Å². The quantitative estimate of drug-likeness (QED) is 0.284. The summed E-state index contributed by atoms with van der Waals surface area (Å²) in [6, 6.07) is 21.8. The molecule has 1 N–H and O–H groups in total. The largest absolute Gasteiger partial charge is 0.489 e. The minimum absolute atomic E-state index is 0.406. The van der Waals surface area contributed by atoms with Gasteiger partial charge in [-0.05, 0) is 72.7 Å². The molecule has 1 atom stereocenters. The second-order valence-corrected chi connectivity index (χ2v) is 8.24. The molecule has 0 saturated carbocycles. The second-order valence-electron chi connectivity index (χ2n) is 6.89. The Morgan fingerprint density at radius 3 is 2.31 bits per heavy atom. The van der Waals surface area contributed by atoms with Gasteiger partial charge in [-0.15, -0.1) is 0 Å². The van der Waals surface area contributed by atoms with Gasteiger partial charge in [0.25, 0.3) is 5.91 Å². The Labute approximate surface area is 200 Å². The molecule has 0 aliphatic rings. The van der Waals surface area contributed by atoms with E-state index in [1.807, 2.05) is 60.7 Å². The number of anilines is 1. The van der Waals surface area contributed by atoms with Gasteiger partial charge in [0.1, 0.15) is 12.4 Å². The van der Waals surface area contributed by atoms with E-state index in [-0.39, 0.29) is 0 Å². The first-order chi connectivity index (χ1) is 15.4. The van der Waals surface area contributed by atoms with Crippen molar-refractivity contribution < 1.29 is 19.1 Å². The van der Waals surface area contributed by atoms with Gasteiger partial charge < -0.3 is 14.8 Å². The second kappa shape index (κ2) is 11.5. The van der Waals surface area contributed by atoms with Crippen LogP contribution in [-0.2, 0) is 20.9 Å². The highest BCUT2D eigenvalue weighted by Gasteiger charge is 2.16. The minimum Gasteiger partial charge on any atom is -0.489 e. The van der Waals surface area contributed by atoms with Gasteiger partial charge in [-0.2, -0.15) is 0 Å². The Balaban J connectivity index is 1.46. The first kappa shape index (κ1) is 23.6. The third kappa shape index (κ3) is 7.55. The number of hydrogen-bond donors (Lipinski definition) is 1. The predicted molar refractivity (Wildman–Crippen MR) is 130 cm³/mol. The van der Waals surface area contributed by atoms with E-state index < -0.39 is 18.0 Å². The first-order valence-corrected chi connectivity index (χ1v) is 11.0. The maximum Gasteiger partial charge on any atom is 0.331 e. The fraction of sp³-hybridized carbons (Fsp3) is 0.120. The summed E-state index contributed by atoms with van der Waals surface area (Å²) in [5.41, 5.74) is 2.43. The summed E-state index contributed by atoms with van der Waals surface area (Å²) in [7, 11) is 0. The van der Waals surface area contributed by atoms with E-state index in [1.165, 1.54) is 13.0 Å². The number of ether oxygens (including phenoxy) is 2. The molecule has 0 radical (unpaired) electrons. The summed E-state index contributed by atoms with van der Waals surface area (Å²) < 4.78 is 11.8. The Hall–Kier alpha value is -3.09. The predicted octanol–water partition coefficient (Wildman–Crippen LogP) is 6.27. The van der Waals surface area contributed by atoms with Crippen LogP contribution in [0.25, 0.3) is 6.08 Å². The fourth-order valence-corrected chi connectivity index (χ4v) is 3.02. The van der Waals surface area contributed by atoms with Crippen LogP contribution in [0.5, 0.6) is 5.75 Å². The number of esters is 1. The van der Waals surface area contributed by atoms with E-state index in [9.17, 15) is 9.59 Å². The molecule has 3 aromatic rings. The van der Waals surface area contributed by atoms with E-state index in [0.29, 0.717) is 23.1 Å². The third-order valence-corrected chi connectivity index (χ3v) is 5.17. The van der Waals surface area contributed by atoms with Crippen molar-refractivity contribution in [1.29, 1.82) is 0 Å². The summed E-state index contributed by atoms with van der Waals surface area (Å²) in [6.07, 6.45) is 1.97. The average Bonchev–Trinajstić information content (AvgIpc) is 2.79. The monoisotopic (exact) mass is 513 g/mol. The van der Waals surface area contributed by atoms with Gasteiger partial charge in [-0.1, -0.05) is 51.8 Å². The molecule has 0 heterocycles. The molecule has 32 heavy (non-hydrogen) atoms. The van der Waals surface area contributed by atoms with E-state index >= 15 is 0 Å². The van der Waals surface area contributed by atoms with Crippen LogP contribution >= 0.6 is 27.5 Å². The highest BCUT2D eigenvalue weighted by atomic mass is 79.9. The summed E-state index contributed by atoms with van der Waals surface area (Å²) in [5.74, 6) is -0.305. The van der Waals surface area contributed by atoms with Crippen LogP contribution in [0.2, 0.25) is 5.02 Å². The van der Waals surface area contributed by atoms with Gasteiger partial charge in [0.2, 0.25) is 0 Å². The van der Waals surface area contributed by atoms with E-state index in [1.54, 1.807) is 18.2 Å². The molecule has 0 fully saturated rings.